The number of aromatic nitrogens is 1. The highest BCUT2D eigenvalue weighted by molar-refractivity contribution is 6.35. The Hall–Kier alpha value is -0.960. The first-order valence-corrected chi connectivity index (χ1v) is 5.62. The number of anilines is 2. The minimum atomic E-state index is 0.429. The standard InChI is InChI=1S/C11H7Cl3N2/c12-7-4-8(13)6-9(5-7)15-11-3-1-2-10(14)16-11/h1-6H,(H,15,16). The fraction of sp³-hybridized carbons (Fsp3) is 0. The van der Waals surface area contributed by atoms with Crippen LogP contribution in [0.4, 0.5) is 11.5 Å². The first-order valence-electron chi connectivity index (χ1n) is 4.49. The van der Waals surface area contributed by atoms with Crippen molar-refractivity contribution in [2.75, 3.05) is 5.32 Å². The smallest absolute Gasteiger partial charge is 0.132 e. The van der Waals surface area contributed by atoms with Crippen molar-refractivity contribution in [3.63, 3.8) is 0 Å². The minimum absolute atomic E-state index is 0.429. The molecular formula is C11H7Cl3N2. The lowest BCUT2D eigenvalue weighted by Crippen LogP contribution is -1.93. The summed E-state index contributed by atoms with van der Waals surface area (Å²) in [5.74, 6) is 0.644. The molecule has 0 amide bonds. The van der Waals surface area contributed by atoms with E-state index in [-0.39, 0.29) is 0 Å². The van der Waals surface area contributed by atoms with Crippen LogP contribution in [-0.2, 0) is 0 Å². The van der Waals surface area contributed by atoms with E-state index in [0.717, 1.165) is 5.69 Å². The fourth-order valence-corrected chi connectivity index (χ4v) is 1.94. The number of pyridine rings is 1. The maximum Gasteiger partial charge on any atom is 0.132 e. The molecule has 1 aromatic carbocycles. The Kier molecular flexibility index (Phi) is 3.54. The van der Waals surface area contributed by atoms with Gasteiger partial charge in [0.1, 0.15) is 11.0 Å². The molecule has 2 aromatic rings. The van der Waals surface area contributed by atoms with E-state index in [0.29, 0.717) is 21.0 Å². The Balaban J connectivity index is 2.27. The van der Waals surface area contributed by atoms with Gasteiger partial charge in [0.05, 0.1) is 0 Å². The van der Waals surface area contributed by atoms with Crippen LogP contribution in [0.2, 0.25) is 15.2 Å². The molecule has 2 nitrogen and oxygen atoms in total. The quantitative estimate of drug-likeness (QED) is 0.796. The normalized spacial score (nSPS) is 10.2. The lowest BCUT2D eigenvalue weighted by molar-refractivity contribution is 1.31. The second-order valence-electron chi connectivity index (χ2n) is 3.13. The molecule has 16 heavy (non-hydrogen) atoms. The largest absolute Gasteiger partial charge is 0.340 e. The molecule has 1 heterocycles. The van der Waals surface area contributed by atoms with Crippen molar-refractivity contribution in [1.29, 1.82) is 0 Å². The number of hydrogen-bond donors (Lipinski definition) is 1. The molecule has 0 aliphatic rings. The van der Waals surface area contributed by atoms with Crippen LogP contribution in [0.25, 0.3) is 0 Å². The van der Waals surface area contributed by atoms with Gasteiger partial charge >= 0.3 is 0 Å². The van der Waals surface area contributed by atoms with Crippen LogP contribution in [-0.4, -0.2) is 4.98 Å². The number of halogens is 3. The number of benzene rings is 1. The maximum absolute atomic E-state index is 5.88. The van der Waals surface area contributed by atoms with Gasteiger partial charge in [-0.3, -0.25) is 0 Å². The average Bonchev–Trinajstić information content (AvgIpc) is 2.15. The highest BCUT2D eigenvalue weighted by atomic mass is 35.5. The highest BCUT2D eigenvalue weighted by Crippen LogP contribution is 2.24. The van der Waals surface area contributed by atoms with Crippen molar-refractivity contribution >= 4 is 46.3 Å². The second kappa shape index (κ2) is 4.91. The molecule has 2 rings (SSSR count). The average molecular weight is 274 g/mol. The van der Waals surface area contributed by atoms with Crippen LogP contribution < -0.4 is 5.32 Å². The number of nitrogens with one attached hydrogen (secondary N) is 1. The van der Waals surface area contributed by atoms with E-state index in [4.69, 9.17) is 34.8 Å². The number of rotatable bonds is 2. The van der Waals surface area contributed by atoms with Crippen molar-refractivity contribution in [3.8, 4) is 0 Å². The van der Waals surface area contributed by atoms with Crippen molar-refractivity contribution in [2.45, 2.75) is 0 Å². The van der Waals surface area contributed by atoms with Crippen molar-refractivity contribution < 1.29 is 0 Å². The number of nitrogens with zero attached hydrogens (tertiary/aromatic N) is 1. The SMILES string of the molecule is Clc1cc(Cl)cc(Nc2cccc(Cl)n2)c1. The summed E-state index contributed by atoms with van der Waals surface area (Å²) in [5, 5.41) is 4.62. The van der Waals surface area contributed by atoms with Crippen LogP contribution in [0, 0.1) is 0 Å². The van der Waals surface area contributed by atoms with Gasteiger partial charge in [0.25, 0.3) is 0 Å². The molecule has 82 valence electrons. The highest BCUT2D eigenvalue weighted by Gasteiger charge is 2.00. The lowest BCUT2D eigenvalue weighted by atomic mass is 10.3. The Labute approximate surface area is 108 Å². The summed E-state index contributed by atoms with van der Waals surface area (Å²) in [6.45, 7) is 0. The topological polar surface area (TPSA) is 24.9 Å². The summed E-state index contributed by atoms with van der Waals surface area (Å²) in [7, 11) is 0. The molecule has 0 spiro atoms. The van der Waals surface area contributed by atoms with Gasteiger partial charge in [0.15, 0.2) is 0 Å². The zero-order valence-corrected chi connectivity index (χ0v) is 10.3. The minimum Gasteiger partial charge on any atom is -0.340 e. The van der Waals surface area contributed by atoms with E-state index < -0.39 is 0 Å². The summed E-state index contributed by atoms with van der Waals surface area (Å²) in [4.78, 5) is 4.10. The van der Waals surface area contributed by atoms with Crippen LogP contribution in [0.1, 0.15) is 0 Å². The summed E-state index contributed by atoms with van der Waals surface area (Å²) in [6.07, 6.45) is 0. The van der Waals surface area contributed by atoms with Crippen LogP contribution in [0.3, 0.4) is 0 Å². The monoisotopic (exact) mass is 272 g/mol. The summed E-state index contributed by atoms with van der Waals surface area (Å²) in [5.41, 5.74) is 0.771. The molecule has 0 aliphatic heterocycles. The van der Waals surface area contributed by atoms with Gasteiger partial charge in [0, 0.05) is 15.7 Å². The zero-order chi connectivity index (χ0) is 11.5. The molecule has 0 saturated carbocycles. The third kappa shape index (κ3) is 3.01. The van der Waals surface area contributed by atoms with E-state index in [9.17, 15) is 0 Å². The second-order valence-corrected chi connectivity index (χ2v) is 4.39. The first-order chi connectivity index (χ1) is 7.63. The van der Waals surface area contributed by atoms with E-state index in [1.165, 1.54) is 0 Å². The van der Waals surface area contributed by atoms with Gasteiger partial charge in [-0.1, -0.05) is 40.9 Å². The molecule has 0 unspecified atom stereocenters. The molecule has 0 saturated heterocycles. The van der Waals surface area contributed by atoms with E-state index in [1.54, 1.807) is 30.3 Å². The van der Waals surface area contributed by atoms with Gasteiger partial charge < -0.3 is 5.32 Å². The molecule has 0 fully saturated rings. The lowest BCUT2D eigenvalue weighted by Gasteiger charge is -2.06. The molecule has 1 aromatic heterocycles. The third-order valence-electron chi connectivity index (χ3n) is 1.85. The zero-order valence-electron chi connectivity index (χ0n) is 8.05. The molecule has 5 heteroatoms. The van der Waals surface area contributed by atoms with Crippen LogP contribution in [0.15, 0.2) is 36.4 Å². The van der Waals surface area contributed by atoms with Crippen LogP contribution in [0.5, 0.6) is 0 Å². The maximum atomic E-state index is 5.88. The van der Waals surface area contributed by atoms with E-state index in [2.05, 4.69) is 10.3 Å². The molecule has 0 aliphatic carbocycles. The molecule has 0 bridgehead atoms. The Morgan fingerprint density at radius 1 is 0.938 bits per heavy atom. The summed E-state index contributed by atoms with van der Waals surface area (Å²) < 4.78 is 0. The van der Waals surface area contributed by atoms with Crippen molar-refractivity contribution in [2.24, 2.45) is 0 Å². The van der Waals surface area contributed by atoms with E-state index in [1.807, 2.05) is 6.07 Å². The Morgan fingerprint density at radius 2 is 1.62 bits per heavy atom. The van der Waals surface area contributed by atoms with Crippen molar-refractivity contribution in [1.82, 2.24) is 4.98 Å². The Bertz CT molecular complexity index is 494. The van der Waals surface area contributed by atoms with Crippen molar-refractivity contribution in [3.05, 3.63) is 51.6 Å². The van der Waals surface area contributed by atoms with Gasteiger partial charge in [0.2, 0.25) is 0 Å². The van der Waals surface area contributed by atoms with Gasteiger partial charge in [-0.15, -0.1) is 0 Å². The fourth-order valence-electron chi connectivity index (χ4n) is 1.25. The summed E-state index contributed by atoms with van der Waals surface area (Å²) in [6, 6.07) is 10.5. The van der Waals surface area contributed by atoms with Crippen LogP contribution >= 0.6 is 34.8 Å². The molecule has 0 radical (unpaired) electrons. The third-order valence-corrected chi connectivity index (χ3v) is 2.50. The van der Waals surface area contributed by atoms with Gasteiger partial charge in [-0.25, -0.2) is 4.98 Å². The predicted molar refractivity (Wildman–Crippen MR) is 69.0 cm³/mol. The molecule has 0 atom stereocenters. The first kappa shape index (κ1) is 11.5. The summed E-state index contributed by atoms with van der Waals surface area (Å²) >= 11 is 17.5. The van der Waals surface area contributed by atoms with Gasteiger partial charge in [-0.05, 0) is 30.3 Å². The van der Waals surface area contributed by atoms with E-state index >= 15 is 0 Å². The molecule has 1 N–H and O–H groups in total. The van der Waals surface area contributed by atoms with Gasteiger partial charge in [-0.2, -0.15) is 0 Å². The molecular weight excluding hydrogens is 266 g/mol. The predicted octanol–water partition coefficient (Wildman–Crippen LogP) is 4.79. The Morgan fingerprint density at radius 3 is 2.25 bits per heavy atom. The number of hydrogen-bond acceptors (Lipinski definition) is 2.